The smallest absolute Gasteiger partial charge is 0.869 e. The van der Waals surface area contributed by atoms with Gasteiger partial charge in [-0.3, -0.25) is 4.79 Å². The van der Waals surface area contributed by atoms with Crippen molar-refractivity contribution in [2.75, 3.05) is 0 Å². The number of ketones is 1. The summed E-state index contributed by atoms with van der Waals surface area (Å²) < 4.78 is 33.8. The predicted molar refractivity (Wildman–Crippen MR) is 37.6 cm³/mol. The summed E-state index contributed by atoms with van der Waals surface area (Å²) in [5, 5.41) is 9.87. The molecule has 0 aromatic rings. The van der Waals surface area contributed by atoms with Crippen molar-refractivity contribution >= 4 is 5.78 Å². The SMILES string of the molecule is CC(=O)/C=C(\[O-])C(F)(F)F.[Au+3].[CH3-].[CH3-]. The summed E-state index contributed by atoms with van der Waals surface area (Å²) in [6, 6.07) is 0. The van der Waals surface area contributed by atoms with Gasteiger partial charge in [0.2, 0.25) is 0 Å². The molecule has 0 N–H and O–H groups in total. The minimum absolute atomic E-state index is 0. The van der Waals surface area contributed by atoms with E-state index in [1.807, 2.05) is 0 Å². The van der Waals surface area contributed by atoms with Crippen molar-refractivity contribution in [1.82, 2.24) is 0 Å². The van der Waals surface area contributed by atoms with Gasteiger partial charge in [0.15, 0.2) is 5.78 Å². The number of hydrogen-bond donors (Lipinski definition) is 0. The number of carbonyl (C=O) groups excluding carboxylic acids is 1. The number of allylic oxidation sites excluding steroid dienone is 2. The number of alkyl halides is 3. The molecule has 13 heavy (non-hydrogen) atoms. The molecule has 0 unspecified atom stereocenters. The number of carbonyl (C=O) groups is 1. The summed E-state index contributed by atoms with van der Waals surface area (Å²) in [4.78, 5) is 9.92. The zero-order valence-corrected chi connectivity index (χ0v) is 9.50. The molecule has 0 radical (unpaired) electrons. The molecule has 0 aromatic heterocycles. The first-order valence-electron chi connectivity index (χ1n) is 2.30. The molecule has 82 valence electrons. The van der Waals surface area contributed by atoms with Gasteiger partial charge < -0.3 is 20.0 Å². The third-order valence-electron chi connectivity index (χ3n) is 0.614. The number of hydrogen-bond acceptors (Lipinski definition) is 2. The van der Waals surface area contributed by atoms with Crippen molar-refractivity contribution in [2.24, 2.45) is 0 Å². The van der Waals surface area contributed by atoms with E-state index in [1.165, 1.54) is 0 Å². The van der Waals surface area contributed by atoms with Crippen LogP contribution in [-0.2, 0) is 27.2 Å². The number of halogens is 3. The first-order chi connectivity index (χ1) is 4.34. The van der Waals surface area contributed by atoms with Crippen LogP contribution in [0.5, 0.6) is 0 Å². The van der Waals surface area contributed by atoms with Crippen LogP contribution in [0.1, 0.15) is 6.92 Å². The van der Waals surface area contributed by atoms with Crippen LogP contribution in [0.25, 0.3) is 0 Å². The Labute approximate surface area is 91.3 Å². The Kier molecular flexibility index (Phi) is 14.8. The molecule has 0 amide bonds. The second-order valence-corrected chi connectivity index (χ2v) is 1.62. The van der Waals surface area contributed by atoms with Crippen LogP contribution in [0.4, 0.5) is 13.2 Å². The molecule has 0 saturated heterocycles. The molecule has 0 aliphatic rings. The van der Waals surface area contributed by atoms with Gasteiger partial charge in [0.1, 0.15) is 0 Å². The molecule has 0 aromatic carbocycles. The van der Waals surface area contributed by atoms with Crippen LogP contribution >= 0.6 is 0 Å². The predicted octanol–water partition coefficient (Wildman–Crippen LogP) is 1.28. The van der Waals surface area contributed by atoms with Gasteiger partial charge >= 0.3 is 28.6 Å². The molecule has 6 heteroatoms. The second-order valence-electron chi connectivity index (χ2n) is 1.62. The maximum absolute atomic E-state index is 11.3. The molecule has 0 spiro atoms. The summed E-state index contributed by atoms with van der Waals surface area (Å²) in [7, 11) is 0. The van der Waals surface area contributed by atoms with E-state index in [9.17, 15) is 23.1 Å². The van der Waals surface area contributed by atoms with Crippen LogP contribution in [0, 0.1) is 14.9 Å². The third kappa shape index (κ3) is 11.7. The van der Waals surface area contributed by atoms with Gasteiger partial charge in [0.05, 0.1) is 0 Å². The molecule has 2 nitrogen and oxygen atoms in total. The minimum atomic E-state index is -4.92. The first-order valence-corrected chi connectivity index (χ1v) is 2.30. The Morgan fingerprint density at radius 1 is 1.31 bits per heavy atom. The Morgan fingerprint density at radius 2 is 1.62 bits per heavy atom. The van der Waals surface area contributed by atoms with Crippen molar-refractivity contribution in [2.45, 2.75) is 13.1 Å². The molecule has 0 rings (SSSR count). The maximum atomic E-state index is 11.3. The van der Waals surface area contributed by atoms with E-state index in [2.05, 4.69) is 0 Å². The molecule has 0 bridgehead atoms. The molecule has 0 fully saturated rings. The van der Waals surface area contributed by atoms with E-state index in [0.29, 0.717) is 0 Å². The van der Waals surface area contributed by atoms with E-state index in [0.717, 1.165) is 6.92 Å². The van der Waals surface area contributed by atoms with E-state index in [-0.39, 0.29) is 43.3 Å². The summed E-state index contributed by atoms with van der Waals surface area (Å²) >= 11 is 0. The van der Waals surface area contributed by atoms with E-state index < -0.39 is 17.7 Å². The average Bonchev–Trinajstić information content (AvgIpc) is 1.60. The second kappa shape index (κ2) is 8.34. The Hall–Kier alpha value is -0.260. The molecule has 0 atom stereocenters. The molecule has 0 saturated carbocycles. The standard InChI is InChI=1S/C5H5F3O2.2CH3.Au/c1-3(9)2-4(10)5(6,7)8;;;/h2,10H,1H3;2*1H3;/q;2*-1;+3/p-1/b4-2-;;;. The van der Waals surface area contributed by atoms with Crippen LogP contribution in [0.3, 0.4) is 0 Å². The van der Waals surface area contributed by atoms with Gasteiger partial charge in [-0.1, -0.05) is 0 Å². The van der Waals surface area contributed by atoms with Gasteiger partial charge in [0, 0.05) is 0 Å². The fraction of sp³-hybridized carbons (Fsp3) is 0.286. The van der Waals surface area contributed by atoms with Crippen molar-refractivity contribution in [3.63, 3.8) is 0 Å². The van der Waals surface area contributed by atoms with Gasteiger partial charge in [-0.25, -0.2) is 0 Å². The van der Waals surface area contributed by atoms with Gasteiger partial charge in [-0.15, -0.1) is 0 Å². The van der Waals surface area contributed by atoms with E-state index in [1.54, 1.807) is 0 Å². The first kappa shape index (κ1) is 23.0. The summed E-state index contributed by atoms with van der Waals surface area (Å²) in [5.74, 6) is -3.01. The summed E-state index contributed by atoms with van der Waals surface area (Å²) in [6.07, 6.45) is -4.91. The molecule has 0 aliphatic heterocycles. The fourth-order valence-electron chi connectivity index (χ4n) is 0.266. The minimum Gasteiger partial charge on any atom is -0.869 e. The topological polar surface area (TPSA) is 40.1 Å². The zero-order valence-electron chi connectivity index (χ0n) is 7.33. The van der Waals surface area contributed by atoms with Gasteiger partial charge in [0.25, 0.3) is 0 Å². The van der Waals surface area contributed by atoms with E-state index in [4.69, 9.17) is 0 Å². The van der Waals surface area contributed by atoms with Crippen molar-refractivity contribution < 1.29 is 45.5 Å². The van der Waals surface area contributed by atoms with E-state index >= 15 is 0 Å². The Bertz CT molecular complexity index is 175. The largest absolute Gasteiger partial charge is 3.00 e. The van der Waals surface area contributed by atoms with Gasteiger partial charge in [-0.2, -0.15) is 13.2 Å². The summed E-state index contributed by atoms with van der Waals surface area (Å²) in [6.45, 7) is 0.879. The monoisotopic (exact) mass is 380 g/mol. The molecular weight excluding hydrogens is 370 g/mol. The average molecular weight is 380 g/mol. The van der Waals surface area contributed by atoms with Crippen LogP contribution < -0.4 is 5.11 Å². The normalized spacial score (nSPS) is 10.3. The Morgan fingerprint density at radius 3 is 1.69 bits per heavy atom. The van der Waals surface area contributed by atoms with Crippen molar-refractivity contribution in [1.29, 1.82) is 0 Å². The summed E-state index contributed by atoms with van der Waals surface area (Å²) in [5.41, 5.74) is 0. The van der Waals surface area contributed by atoms with Crippen LogP contribution in [0.15, 0.2) is 11.8 Å². The maximum Gasteiger partial charge on any atom is 3.00 e. The van der Waals surface area contributed by atoms with Crippen LogP contribution in [-0.4, -0.2) is 12.0 Å². The van der Waals surface area contributed by atoms with Crippen molar-refractivity contribution in [3.8, 4) is 0 Å². The Balaban J connectivity index is -0.000000135. The zero-order chi connectivity index (χ0) is 8.36. The van der Waals surface area contributed by atoms with Gasteiger partial charge in [-0.05, 0) is 18.8 Å². The molecule has 0 aliphatic carbocycles. The molecule has 0 heterocycles. The number of rotatable bonds is 1. The van der Waals surface area contributed by atoms with Crippen LogP contribution in [0.2, 0.25) is 0 Å². The molecular formula is C7H10AuF3O2. The third-order valence-corrected chi connectivity index (χ3v) is 0.614. The fourth-order valence-corrected chi connectivity index (χ4v) is 0.266. The van der Waals surface area contributed by atoms with Crippen molar-refractivity contribution in [3.05, 3.63) is 26.7 Å². The quantitative estimate of drug-likeness (QED) is 0.298.